The Bertz CT molecular complexity index is 555. The van der Waals surface area contributed by atoms with Crippen molar-refractivity contribution in [2.45, 2.75) is 25.8 Å². The smallest absolute Gasteiger partial charge is 0.0469 e. The molecule has 20 heavy (non-hydrogen) atoms. The number of hydrogen-bond acceptors (Lipinski definition) is 2. The number of hydrogen-bond donors (Lipinski definition) is 1. The van der Waals surface area contributed by atoms with Gasteiger partial charge in [0.2, 0.25) is 0 Å². The Morgan fingerprint density at radius 3 is 2.70 bits per heavy atom. The molecule has 0 saturated carbocycles. The van der Waals surface area contributed by atoms with Crippen LogP contribution in [-0.2, 0) is 4.74 Å². The first-order chi connectivity index (χ1) is 9.84. The van der Waals surface area contributed by atoms with Crippen molar-refractivity contribution in [2.75, 3.05) is 19.8 Å². The maximum Gasteiger partial charge on any atom is 0.0469 e. The van der Waals surface area contributed by atoms with E-state index in [0.29, 0.717) is 6.04 Å². The standard InChI is InChI=1S/C18H23NO/c1-14(19-13-15-9-11-20-12-10-15)17-8-4-6-16-5-2-3-7-18(16)17/h2-8,14-15,19H,9-13H2,1H3. The lowest BCUT2D eigenvalue weighted by atomic mass is 9.97. The third-order valence-corrected chi connectivity index (χ3v) is 4.34. The summed E-state index contributed by atoms with van der Waals surface area (Å²) in [6.45, 7) is 5.21. The second-order valence-electron chi connectivity index (χ2n) is 5.75. The minimum atomic E-state index is 0.393. The van der Waals surface area contributed by atoms with E-state index in [9.17, 15) is 0 Å². The molecule has 1 fully saturated rings. The van der Waals surface area contributed by atoms with Gasteiger partial charge >= 0.3 is 0 Å². The molecular formula is C18H23NO. The van der Waals surface area contributed by atoms with Crippen molar-refractivity contribution >= 4 is 10.8 Å². The molecule has 0 spiro atoms. The summed E-state index contributed by atoms with van der Waals surface area (Å²) in [5.41, 5.74) is 1.40. The van der Waals surface area contributed by atoms with E-state index in [2.05, 4.69) is 54.7 Å². The van der Waals surface area contributed by atoms with Gasteiger partial charge in [-0.15, -0.1) is 0 Å². The highest BCUT2D eigenvalue weighted by Crippen LogP contribution is 2.24. The van der Waals surface area contributed by atoms with E-state index in [4.69, 9.17) is 4.74 Å². The zero-order valence-electron chi connectivity index (χ0n) is 12.1. The van der Waals surface area contributed by atoms with Gasteiger partial charge in [0.1, 0.15) is 0 Å². The first-order valence-electron chi connectivity index (χ1n) is 7.63. The van der Waals surface area contributed by atoms with Gasteiger partial charge in [0.15, 0.2) is 0 Å². The van der Waals surface area contributed by atoms with Crippen molar-refractivity contribution in [3.8, 4) is 0 Å². The fourth-order valence-corrected chi connectivity index (χ4v) is 3.03. The van der Waals surface area contributed by atoms with E-state index < -0.39 is 0 Å². The summed E-state index contributed by atoms with van der Waals surface area (Å²) in [6, 6.07) is 15.6. The van der Waals surface area contributed by atoms with Crippen LogP contribution in [0.1, 0.15) is 31.4 Å². The van der Waals surface area contributed by atoms with E-state index in [0.717, 1.165) is 25.7 Å². The van der Waals surface area contributed by atoms with E-state index >= 15 is 0 Å². The molecule has 2 nitrogen and oxygen atoms in total. The molecular weight excluding hydrogens is 246 g/mol. The predicted octanol–water partition coefficient (Wildman–Crippen LogP) is 3.92. The molecule has 1 N–H and O–H groups in total. The first-order valence-corrected chi connectivity index (χ1v) is 7.63. The van der Waals surface area contributed by atoms with Gasteiger partial charge in [0, 0.05) is 19.3 Å². The first kappa shape index (κ1) is 13.6. The maximum absolute atomic E-state index is 5.42. The molecule has 2 aromatic carbocycles. The number of nitrogens with one attached hydrogen (secondary N) is 1. The Morgan fingerprint density at radius 2 is 1.85 bits per heavy atom. The molecule has 1 aliphatic heterocycles. The highest BCUT2D eigenvalue weighted by molar-refractivity contribution is 5.86. The largest absolute Gasteiger partial charge is 0.381 e. The van der Waals surface area contributed by atoms with Gasteiger partial charge in [-0.2, -0.15) is 0 Å². The number of fused-ring (bicyclic) bond motifs is 1. The number of ether oxygens (including phenoxy) is 1. The van der Waals surface area contributed by atoms with Crippen LogP contribution < -0.4 is 5.32 Å². The molecule has 1 heterocycles. The molecule has 1 atom stereocenters. The molecule has 0 aliphatic carbocycles. The molecule has 2 heteroatoms. The topological polar surface area (TPSA) is 21.3 Å². The Kier molecular flexibility index (Phi) is 4.34. The highest BCUT2D eigenvalue weighted by atomic mass is 16.5. The van der Waals surface area contributed by atoms with Crippen LogP contribution in [0.5, 0.6) is 0 Å². The quantitative estimate of drug-likeness (QED) is 0.908. The zero-order valence-corrected chi connectivity index (χ0v) is 12.1. The van der Waals surface area contributed by atoms with Gasteiger partial charge in [-0.1, -0.05) is 42.5 Å². The number of benzene rings is 2. The van der Waals surface area contributed by atoms with E-state index in [-0.39, 0.29) is 0 Å². The van der Waals surface area contributed by atoms with Crippen LogP contribution in [0.15, 0.2) is 42.5 Å². The van der Waals surface area contributed by atoms with Crippen LogP contribution in [0.2, 0.25) is 0 Å². The van der Waals surface area contributed by atoms with Crippen LogP contribution in [0.4, 0.5) is 0 Å². The monoisotopic (exact) mass is 269 g/mol. The van der Waals surface area contributed by atoms with Crippen molar-refractivity contribution in [1.29, 1.82) is 0 Å². The van der Waals surface area contributed by atoms with Gasteiger partial charge in [0.25, 0.3) is 0 Å². The summed E-state index contributed by atoms with van der Waals surface area (Å²) in [4.78, 5) is 0. The Morgan fingerprint density at radius 1 is 1.10 bits per heavy atom. The summed E-state index contributed by atoms with van der Waals surface area (Å²) in [5, 5.41) is 6.39. The molecule has 2 aromatic rings. The summed E-state index contributed by atoms with van der Waals surface area (Å²) < 4.78 is 5.42. The minimum Gasteiger partial charge on any atom is -0.381 e. The highest BCUT2D eigenvalue weighted by Gasteiger charge is 2.15. The lowest BCUT2D eigenvalue weighted by molar-refractivity contribution is 0.0656. The van der Waals surface area contributed by atoms with Crippen molar-refractivity contribution < 1.29 is 4.74 Å². The lowest BCUT2D eigenvalue weighted by Gasteiger charge is -2.25. The second kappa shape index (κ2) is 6.38. The van der Waals surface area contributed by atoms with Crippen LogP contribution in [-0.4, -0.2) is 19.8 Å². The summed E-state index contributed by atoms with van der Waals surface area (Å²) in [7, 11) is 0. The Labute approximate surface area is 121 Å². The number of rotatable bonds is 4. The van der Waals surface area contributed by atoms with E-state index in [1.165, 1.54) is 29.2 Å². The summed E-state index contributed by atoms with van der Waals surface area (Å²) in [5.74, 6) is 0.765. The Hall–Kier alpha value is -1.38. The lowest BCUT2D eigenvalue weighted by Crippen LogP contribution is -2.29. The molecule has 0 radical (unpaired) electrons. The van der Waals surface area contributed by atoms with Crippen LogP contribution in [0.3, 0.4) is 0 Å². The van der Waals surface area contributed by atoms with Gasteiger partial charge in [-0.05, 0) is 48.6 Å². The maximum atomic E-state index is 5.42. The average Bonchev–Trinajstić information content (AvgIpc) is 2.53. The SMILES string of the molecule is CC(NCC1CCOCC1)c1cccc2ccccc12. The summed E-state index contributed by atoms with van der Waals surface area (Å²) >= 11 is 0. The fraction of sp³-hybridized carbons (Fsp3) is 0.444. The third-order valence-electron chi connectivity index (χ3n) is 4.34. The van der Waals surface area contributed by atoms with Crippen molar-refractivity contribution in [2.24, 2.45) is 5.92 Å². The van der Waals surface area contributed by atoms with Crippen molar-refractivity contribution in [1.82, 2.24) is 5.32 Å². The van der Waals surface area contributed by atoms with Crippen LogP contribution in [0.25, 0.3) is 10.8 Å². The van der Waals surface area contributed by atoms with E-state index in [1.54, 1.807) is 0 Å². The molecule has 0 amide bonds. The van der Waals surface area contributed by atoms with Crippen LogP contribution in [0, 0.1) is 5.92 Å². The fourth-order valence-electron chi connectivity index (χ4n) is 3.03. The Balaban J connectivity index is 1.70. The molecule has 106 valence electrons. The molecule has 0 aromatic heterocycles. The van der Waals surface area contributed by atoms with Gasteiger partial charge < -0.3 is 10.1 Å². The molecule has 0 bridgehead atoms. The van der Waals surface area contributed by atoms with Gasteiger partial charge in [-0.25, -0.2) is 0 Å². The van der Waals surface area contributed by atoms with Gasteiger partial charge in [0.05, 0.1) is 0 Å². The predicted molar refractivity (Wildman–Crippen MR) is 83.9 cm³/mol. The van der Waals surface area contributed by atoms with Gasteiger partial charge in [-0.3, -0.25) is 0 Å². The average molecular weight is 269 g/mol. The minimum absolute atomic E-state index is 0.393. The molecule has 1 unspecified atom stereocenters. The third kappa shape index (κ3) is 3.02. The molecule has 1 aliphatic rings. The molecule has 1 saturated heterocycles. The summed E-state index contributed by atoms with van der Waals surface area (Å²) in [6.07, 6.45) is 2.38. The second-order valence-corrected chi connectivity index (χ2v) is 5.75. The normalized spacial score (nSPS) is 18.2. The van der Waals surface area contributed by atoms with E-state index in [1.807, 2.05) is 0 Å². The van der Waals surface area contributed by atoms with Crippen LogP contribution >= 0.6 is 0 Å². The molecule has 3 rings (SSSR count). The van der Waals surface area contributed by atoms with Crippen molar-refractivity contribution in [3.63, 3.8) is 0 Å². The van der Waals surface area contributed by atoms with Crippen molar-refractivity contribution in [3.05, 3.63) is 48.0 Å². The zero-order chi connectivity index (χ0) is 13.8.